The van der Waals surface area contributed by atoms with E-state index in [2.05, 4.69) is 15.0 Å². The molecule has 0 aliphatic carbocycles. The number of carboxylic acid groups (broad SMARTS) is 1. The first kappa shape index (κ1) is 18.1. The number of ether oxygens (including phenoxy) is 1. The van der Waals surface area contributed by atoms with Crippen molar-refractivity contribution in [2.45, 2.75) is 18.9 Å². The van der Waals surface area contributed by atoms with Crippen molar-refractivity contribution < 1.29 is 29.3 Å². The molecule has 0 radical (unpaired) electrons. The monoisotopic (exact) mass is 357 g/mol. The summed E-state index contributed by atoms with van der Waals surface area (Å²) < 4.78 is 4.48. The molecule has 1 saturated heterocycles. The lowest BCUT2D eigenvalue weighted by Gasteiger charge is -2.29. The zero-order chi connectivity index (χ0) is 17.7. The molecule has 24 heavy (non-hydrogen) atoms. The van der Waals surface area contributed by atoms with E-state index in [0.29, 0.717) is 31.1 Å². The molecule has 1 atom stereocenters. The second-order valence-corrected chi connectivity index (χ2v) is 6.18. The number of nitrogens with zero attached hydrogens (tertiary/aromatic N) is 2. The van der Waals surface area contributed by atoms with E-state index in [1.54, 1.807) is 5.38 Å². The molecule has 1 aliphatic heterocycles. The largest absolute Gasteiger partial charge is 0.481 e. The van der Waals surface area contributed by atoms with Crippen LogP contribution in [0.25, 0.3) is 0 Å². The van der Waals surface area contributed by atoms with Crippen LogP contribution in [0.4, 0.5) is 5.13 Å². The molecule has 2 rings (SSSR count). The number of amides is 1. The predicted molar refractivity (Wildman–Crippen MR) is 85.0 cm³/mol. The highest BCUT2D eigenvalue weighted by molar-refractivity contribution is 7.13. The van der Waals surface area contributed by atoms with Crippen LogP contribution in [-0.2, 0) is 14.3 Å². The zero-order valence-electron chi connectivity index (χ0n) is 13.1. The van der Waals surface area contributed by atoms with Crippen LogP contribution in [0.5, 0.6) is 0 Å². The lowest BCUT2D eigenvalue weighted by Crippen LogP contribution is -2.44. The summed E-state index contributed by atoms with van der Waals surface area (Å²) in [6, 6.07) is -1.14. The number of anilines is 1. The number of aliphatic hydroxyl groups is 1. The van der Waals surface area contributed by atoms with Gasteiger partial charge in [0.1, 0.15) is 5.69 Å². The van der Waals surface area contributed by atoms with Gasteiger partial charge in [0.2, 0.25) is 0 Å². The minimum Gasteiger partial charge on any atom is -0.481 e. The Kier molecular flexibility index (Phi) is 6.10. The first-order valence-corrected chi connectivity index (χ1v) is 8.27. The molecule has 0 spiro atoms. The van der Waals surface area contributed by atoms with Crippen molar-refractivity contribution in [3.63, 3.8) is 0 Å². The third-order valence-corrected chi connectivity index (χ3v) is 4.71. The number of nitrogens with one attached hydrogen (secondary N) is 1. The van der Waals surface area contributed by atoms with Crippen molar-refractivity contribution >= 4 is 34.3 Å². The number of aliphatic hydroxyl groups excluding tert-OH is 1. The highest BCUT2D eigenvalue weighted by Gasteiger charge is 2.27. The van der Waals surface area contributed by atoms with Gasteiger partial charge < -0.3 is 25.2 Å². The van der Waals surface area contributed by atoms with Gasteiger partial charge in [-0.3, -0.25) is 9.59 Å². The Morgan fingerprint density at radius 1 is 1.46 bits per heavy atom. The van der Waals surface area contributed by atoms with Crippen molar-refractivity contribution in [3.05, 3.63) is 11.1 Å². The van der Waals surface area contributed by atoms with Crippen molar-refractivity contribution in [1.82, 2.24) is 10.3 Å². The smallest absolute Gasteiger partial charge is 0.330 e. The fourth-order valence-electron chi connectivity index (χ4n) is 2.39. The van der Waals surface area contributed by atoms with Crippen LogP contribution < -0.4 is 10.2 Å². The lowest BCUT2D eigenvalue weighted by molar-refractivity contribution is -0.144. The maximum atomic E-state index is 12.1. The third kappa shape index (κ3) is 4.20. The first-order chi connectivity index (χ1) is 11.5. The number of piperidine rings is 1. The van der Waals surface area contributed by atoms with Crippen molar-refractivity contribution in [2.24, 2.45) is 5.92 Å². The minimum atomic E-state index is -1.14. The Morgan fingerprint density at radius 3 is 2.67 bits per heavy atom. The van der Waals surface area contributed by atoms with Gasteiger partial charge in [0, 0.05) is 18.5 Å². The second kappa shape index (κ2) is 8.06. The summed E-state index contributed by atoms with van der Waals surface area (Å²) in [5, 5.41) is 22.7. The predicted octanol–water partition coefficient (Wildman–Crippen LogP) is -0.292. The summed E-state index contributed by atoms with van der Waals surface area (Å²) in [5.74, 6) is -2.44. The maximum Gasteiger partial charge on any atom is 0.330 e. The molecule has 1 unspecified atom stereocenters. The number of aromatic nitrogens is 1. The summed E-state index contributed by atoms with van der Waals surface area (Å²) >= 11 is 1.27. The van der Waals surface area contributed by atoms with E-state index in [0.717, 1.165) is 0 Å². The van der Waals surface area contributed by atoms with Gasteiger partial charge in [-0.05, 0) is 12.8 Å². The molecule has 1 aromatic rings. The Labute approximate surface area is 142 Å². The average Bonchev–Trinajstić information content (AvgIpc) is 3.09. The first-order valence-electron chi connectivity index (χ1n) is 7.39. The molecular formula is C14H19N3O6S. The normalized spacial score (nSPS) is 16.5. The number of carbonyl (C=O) groups excluding carboxylic acids is 2. The lowest BCUT2D eigenvalue weighted by atomic mass is 9.98. The van der Waals surface area contributed by atoms with E-state index >= 15 is 0 Å². The van der Waals surface area contributed by atoms with E-state index in [4.69, 9.17) is 10.2 Å². The van der Waals surface area contributed by atoms with Crippen molar-refractivity contribution in [3.8, 4) is 0 Å². The van der Waals surface area contributed by atoms with Gasteiger partial charge >= 0.3 is 11.9 Å². The maximum absolute atomic E-state index is 12.1. The summed E-state index contributed by atoms with van der Waals surface area (Å²) in [6.07, 6.45) is 1.07. The van der Waals surface area contributed by atoms with Crippen LogP contribution in [-0.4, -0.2) is 65.9 Å². The molecule has 2 heterocycles. The fourth-order valence-corrected chi connectivity index (χ4v) is 3.24. The van der Waals surface area contributed by atoms with E-state index in [9.17, 15) is 14.4 Å². The SMILES string of the molecule is COC(=O)C(CO)NC(=O)c1csc(N2CCC(C(=O)O)CC2)n1. The van der Waals surface area contributed by atoms with Gasteiger partial charge in [0.05, 0.1) is 19.6 Å². The highest BCUT2D eigenvalue weighted by atomic mass is 32.1. The van der Waals surface area contributed by atoms with E-state index in [1.807, 2.05) is 4.90 Å². The second-order valence-electron chi connectivity index (χ2n) is 5.35. The van der Waals surface area contributed by atoms with Crippen LogP contribution in [0, 0.1) is 5.92 Å². The molecule has 10 heteroatoms. The van der Waals surface area contributed by atoms with Gasteiger partial charge in [-0.1, -0.05) is 0 Å². The van der Waals surface area contributed by atoms with Crippen LogP contribution in [0.2, 0.25) is 0 Å². The van der Waals surface area contributed by atoms with Gasteiger partial charge in [-0.15, -0.1) is 11.3 Å². The van der Waals surface area contributed by atoms with Gasteiger partial charge in [-0.25, -0.2) is 9.78 Å². The van der Waals surface area contributed by atoms with Gasteiger partial charge in [-0.2, -0.15) is 0 Å². The number of esters is 1. The summed E-state index contributed by atoms with van der Waals surface area (Å²) in [5.41, 5.74) is 0.137. The Morgan fingerprint density at radius 2 is 2.12 bits per heavy atom. The van der Waals surface area contributed by atoms with Gasteiger partial charge in [0.25, 0.3) is 5.91 Å². The molecular weight excluding hydrogens is 338 g/mol. The standard InChI is InChI=1S/C14H19N3O6S/c1-23-13(22)9(6-18)15-11(19)10-7-24-14(16-10)17-4-2-8(3-5-17)12(20)21/h7-9,18H,2-6H2,1H3,(H,15,19)(H,20,21). The quantitative estimate of drug-likeness (QED) is 0.592. The van der Waals surface area contributed by atoms with E-state index in [-0.39, 0.29) is 11.6 Å². The number of hydrogen-bond donors (Lipinski definition) is 3. The summed E-state index contributed by atoms with van der Waals surface area (Å²) in [4.78, 5) is 40.6. The van der Waals surface area contributed by atoms with Gasteiger partial charge in [0.15, 0.2) is 11.2 Å². The zero-order valence-corrected chi connectivity index (χ0v) is 13.9. The molecule has 1 aliphatic rings. The van der Waals surface area contributed by atoms with Crippen LogP contribution in [0.1, 0.15) is 23.3 Å². The fraction of sp³-hybridized carbons (Fsp3) is 0.571. The molecule has 3 N–H and O–H groups in total. The number of methoxy groups -OCH3 is 1. The number of thiazole rings is 1. The Balaban J connectivity index is 1.96. The molecule has 1 fully saturated rings. The van der Waals surface area contributed by atoms with Crippen LogP contribution in [0.15, 0.2) is 5.38 Å². The molecule has 1 aromatic heterocycles. The van der Waals surface area contributed by atoms with Crippen LogP contribution in [0.3, 0.4) is 0 Å². The number of carboxylic acids is 1. The summed E-state index contributed by atoms with van der Waals surface area (Å²) in [6.45, 7) is 0.554. The number of carbonyl (C=O) groups is 3. The van der Waals surface area contributed by atoms with Crippen molar-refractivity contribution in [2.75, 3.05) is 31.7 Å². The Hall–Kier alpha value is -2.20. The number of rotatable bonds is 6. The molecule has 0 saturated carbocycles. The average molecular weight is 357 g/mol. The minimum absolute atomic E-state index is 0.137. The summed E-state index contributed by atoms with van der Waals surface area (Å²) in [7, 11) is 1.17. The number of aliphatic carboxylic acids is 1. The molecule has 132 valence electrons. The van der Waals surface area contributed by atoms with E-state index < -0.39 is 30.5 Å². The molecule has 1 amide bonds. The van der Waals surface area contributed by atoms with Crippen molar-refractivity contribution in [1.29, 1.82) is 0 Å². The highest BCUT2D eigenvalue weighted by Crippen LogP contribution is 2.26. The van der Waals surface area contributed by atoms with Crippen LogP contribution >= 0.6 is 11.3 Å². The third-order valence-electron chi connectivity index (χ3n) is 3.81. The number of hydrogen-bond acceptors (Lipinski definition) is 8. The molecule has 0 aromatic carbocycles. The van der Waals surface area contributed by atoms with E-state index in [1.165, 1.54) is 18.4 Å². The topological polar surface area (TPSA) is 129 Å². The molecule has 9 nitrogen and oxygen atoms in total. The Bertz CT molecular complexity index is 611. The molecule has 0 bridgehead atoms.